The number of fused-ring (bicyclic) bond motifs is 1. The Morgan fingerprint density at radius 1 is 1.11 bits per heavy atom. The fraction of sp³-hybridized carbons (Fsp3) is 0.200. The predicted molar refractivity (Wildman–Crippen MR) is 68.5 cm³/mol. The molecule has 2 heterocycles. The fourth-order valence-corrected chi connectivity index (χ4v) is 2.11. The van der Waals surface area contributed by atoms with Gasteiger partial charge < -0.3 is 13.9 Å². The van der Waals surface area contributed by atoms with E-state index in [0.29, 0.717) is 11.5 Å². The van der Waals surface area contributed by atoms with Crippen molar-refractivity contribution in [1.29, 1.82) is 0 Å². The molecule has 1 aromatic carbocycles. The van der Waals surface area contributed by atoms with Gasteiger partial charge in [-0.15, -0.1) is 0 Å². The molecular weight excluding hydrogens is 228 g/mol. The van der Waals surface area contributed by atoms with Crippen LogP contribution >= 0.6 is 0 Å². The van der Waals surface area contributed by atoms with Crippen molar-refractivity contribution in [3.63, 3.8) is 0 Å². The minimum absolute atomic E-state index is 0.508. The van der Waals surface area contributed by atoms with Crippen LogP contribution in [-0.2, 0) is 0 Å². The number of hydrogen-bond acceptors (Lipinski definition) is 3. The third kappa shape index (κ3) is 1.73. The highest BCUT2D eigenvalue weighted by molar-refractivity contribution is 5.78. The highest BCUT2D eigenvalue weighted by atomic mass is 16.4. The molecule has 0 saturated carbocycles. The Kier molecular flexibility index (Phi) is 2.49. The lowest BCUT2D eigenvalue weighted by atomic mass is 10.1. The van der Waals surface area contributed by atoms with Gasteiger partial charge in [-0.3, -0.25) is 0 Å². The monoisotopic (exact) mass is 242 g/mol. The first-order valence-electron chi connectivity index (χ1n) is 5.87. The van der Waals surface area contributed by atoms with Gasteiger partial charge in [-0.05, 0) is 43.7 Å². The van der Waals surface area contributed by atoms with E-state index in [4.69, 9.17) is 8.83 Å². The zero-order valence-corrected chi connectivity index (χ0v) is 10.3. The molecule has 0 bridgehead atoms. The first-order valence-corrected chi connectivity index (χ1v) is 5.87. The lowest BCUT2D eigenvalue weighted by molar-refractivity contribution is 0.164. The van der Waals surface area contributed by atoms with E-state index in [9.17, 15) is 5.11 Å². The molecule has 1 unspecified atom stereocenters. The van der Waals surface area contributed by atoms with Gasteiger partial charge in [0.15, 0.2) is 6.10 Å². The average molecular weight is 242 g/mol. The van der Waals surface area contributed by atoms with Gasteiger partial charge in [-0.25, -0.2) is 0 Å². The second kappa shape index (κ2) is 4.03. The molecule has 0 saturated heterocycles. The summed E-state index contributed by atoms with van der Waals surface area (Å²) < 4.78 is 10.9. The van der Waals surface area contributed by atoms with Crippen LogP contribution in [0.5, 0.6) is 0 Å². The number of aliphatic hydroxyl groups excluding tert-OH is 1. The standard InChI is InChI=1S/C15H14O3/c1-9-3-4-12-11(7-9)8-13(18-12)14(16)15-10(2)5-6-17-15/h3-8,14,16H,1-2H3. The number of furan rings is 2. The van der Waals surface area contributed by atoms with Gasteiger partial charge in [0, 0.05) is 5.39 Å². The van der Waals surface area contributed by atoms with Crippen LogP contribution in [0.1, 0.15) is 28.8 Å². The van der Waals surface area contributed by atoms with E-state index in [-0.39, 0.29) is 0 Å². The molecule has 0 aliphatic carbocycles. The summed E-state index contributed by atoms with van der Waals surface area (Å²) in [7, 11) is 0. The minimum atomic E-state index is -0.854. The summed E-state index contributed by atoms with van der Waals surface area (Å²) in [5.74, 6) is 1.04. The van der Waals surface area contributed by atoms with Crippen LogP contribution in [0.25, 0.3) is 11.0 Å². The summed E-state index contributed by atoms with van der Waals surface area (Å²) in [5, 5.41) is 11.2. The van der Waals surface area contributed by atoms with Gasteiger partial charge >= 0.3 is 0 Å². The van der Waals surface area contributed by atoms with Crippen LogP contribution in [0.2, 0.25) is 0 Å². The third-order valence-electron chi connectivity index (χ3n) is 3.11. The normalized spacial score (nSPS) is 13.1. The molecule has 0 radical (unpaired) electrons. The van der Waals surface area contributed by atoms with Crippen molar-refractivity contribution in [2.75, 3.05) is 0 Å². The molecular formula is C15H14O3. The SMILES string of the molecule is Cc1ccc2oc(C(O)c3occc3C)cc2c1. The van der Waals surface area contributed by atoms with Crippen LogP contribution < -0.4 is 0 Å². The second-order valence-corrected chi connectivity index (χ2v) is 4.56. The quantitative estimate of drug-likeness (QED) is 0.744. The second-order valence-electron chi connectivity index (χ2n) is 4.56. The lowest BCUT2D eigenvalue weighted by Gasteiger charge is -2.04. The van der Waals surface area contributed by atoms with Crippen molar-refractivity contribution >= 4 is 11.0 Å². The maximum atomic E-state index is 10.2. The molecule has 1 N–H and O–H groups in total. The Hall–Kier alpha value is -2.00. The number of hydrogen-bond donors (Lipinski definition) is 1. The lowest BCUT2D eigenvalue weighted by Crippen LogP contribution is -1.97. The first kappa shape index (κ1) is 11.1. The molecule has 3 aromatic rings. The van der Waals surface area contributed by atoms with Crippen molar-refractivity contribution in [2.24, 2.45) is 0 Å². The van der Waals surface area contributed by atoms with E-state index in [1.54, 1.807) is 6.26 Å². The van der Waals surface area contributed by atoms with E-state index in [2.05, 4.69) is 0 Å². The van der Waals surface area contributed by atoms with Gasteiger partial charge in [0.2, 0.25) is 0 Å². The van der Waals surface area contributed by atoms with Crippen molar-refractivity contribution in [1.82, 2.24) is 0 Å². The zero-order chi connectivity index (χ0) is 12.7. The summed E-state index contributed by atoms with van der Waals surface area (Å²) in [5.41, 5.74) is 2.86. The Labute approximate surface area is 105 Å². The van der Waals surface area contributed by atoms with E-state index in [0.717, 1.165) is 16.5 Å². The topological polar surface area (TPSA) is 46.5 Å². The highest BCUT2D eigenvalue weighted by Gasteiger charge is 2.20. The molecule has 2 aromatic heterocycles. The van der Waals surface area contributed by atoms with Crippen LogP contribution in [0, 0.1) is 13.8 Å². The largest absolute Gasteiger partial charge is 0.466 e. The van der Waals surface area contributed by atoms with Gasteiger partial charge in [-0.1, -0.05) is 11.6 Å². The number of aryl methyl sites for hydroxylation is 2. The molecule has 3 nitrogen and oxygen atoms in total. The van der Waals surface area contributed by atoms with Gasteiger partial charge in [0.05, 0.1) is 6.26 Å². The Bertz CT molecular complexity index is 691. The molecule has 1 atom stereocenters. The zero-order valence-electron chi connectivity index (χ0n) is 10.3. The van der Waals surface area contributed by atoms with Crippen molar-refractivity contribution in [3.8, 4) is 0 Å². The molecule has 92 valence electrons. The summed E-state index contributed by atoms with van der Waals surface area (Å²) >= 11 is 0. The number of rotatable bonds is 2. The van der Waals surface area contributed by atoms with E-state index < -0.39 is 6.10 Å². The van der Waals surface area contributed by atoms with Crippen molar-refractivity contribution < 1.29 is 13.9 Å². The van der Waals surface area contributed by atoms with E-state index in [1.165, 1.54) is 5.56 Å². The Morgan fingerprint density at radius 3 is 2.67 bits per heavy atom. The molecule has 0 fully saturated rings. The average Bonchev–Trinajstić information content (AvgIpc) is 2.93. The van der Waals surface area contributed by atoms with Crippen LogP contribution in [0.3, 0.4) is 0 Å². The number of aliphatic hydroxyl groups is 1. The maximum Gasteiger partial charge on any atom is 0.169 e. The number of benzene rings is 1. The van der Waals surface area contributed by atoms with Gasteiger partial charge in [0.1, 0.15) is 17.1 Å². The van der Waals surface area contributed by atoms with Crippen LogP contribution in [-0.4, -0.2) is 5.11 Å². The van der Waals surface area contributed by atoms with Crippen LogP contribution in [0.15, 0.2) is 45.4 Å². The summed E-state index contributed by atoms with van der Waals surface area (Å²) in [6.45, 7) is 3.92. The van der Waals surface area contributed by atoms with Crippen molar-refractivity contribution in [2.45, 2.75) is 20.0 Å². The Balaban J connectivity index is 2.07. The summed E-state index contributed by atoms with van der Waals surface area (Å²) in [4.78, 5) is 0. The van der Waals surface area contributed by atoms with E-state index >= 15 is 0 Å². The van der Waals surface area contributed by atoms with Crippen LogP contribution in [0.4, 0.5) is 0 Å². The molecule has 3 rings (SSSR count). The first-order chi connectivity index (χ1) is 8.65. The molecule has 0 amide bonds. The minimum Gasteiger partial charge on any atom is -0.466 e. The molecule has 3 heteroatoms. The molecule has 0 aliphatic heterocycles. The summed E-state index contributed by atoms with van der Waals surface area (Å²) in [6, 6.07) is 9.61. The molecule has 0 spiro atoms. The molecule has 0 aliphatic rings. The molecule has 18 heavy (non-hydrogen) atoms. The van der Waals surface area contributed by atoms with Gasteiger partial charge in [0.25, 0.3) is 0 Å². The van der Waals surface area contributed by atoms with Gasteiger partial charge in [-0.2, -0.15) is 0 Å². The maximum absolute atomic E-state index is 10.2. The predicted octanol–water partition coefficient (Wildman–Crippen LogP) is 3.72. The fourth-order valence-electron chi connectivity index (χ4n) is 2.11. The Morgan fingerprint density at radius 2 is 1.94 bits per heavy atom. The van der Waals surface area contributed by atoms with Crippen molar-refractivity contribution in [3.05, 3.63) is 59.2 Å². The third-order valence-corrected chi connectivity index (χ3v) is 3.11. The van der Waals surface area contributed by atoms with E-state index in [1.807, 2.05) is 44.2 Å². The summed E-state index contributed by atoms with van der Waals surface area (Å²) in [6.07, 6.45) is 0.716. The highest BCUT2D eigenvalue weighted by Crippen LogP contribution is 2.30. The smallest absolute Gasteiger partial charge is 0.169 e.